The number of aryl methyl sites for hydroxylation is 1. The first kappa shape index (κ1) is 19.1. The second-order valence-corrected chi connectivity index (χ2v) is 7.00. The molecule has 27 heavy (non-hydrogen) atoms. The van der Waals surface area contributed by atoms with Gasteiger partial charge in [0.05, 0.1) is 7.11 Å². The Morgan fingerprint density at radius 1 is 1.04 bits per heavy atom. The van der Waals surface area contributed by atoms with Crippen LogP contribution in [0.3, 0.4) is 0 Å². The first-order chi connectivity index (χ1) is 13.1. The lowest BCUT2D eigenvalue weighted by atomic mass is 10.1. The van der Waals surface area contributed by atoms with Crippen molar-refractivity contribution in [2.75, 3.05) is 30.4 Å². The van der Waals surface area contributed by atoms with Crippen LogP contribution in [0.2, 0.25) is 0 Å². The highest BCUT2D eigenvalue weighted by molar-refractivity contribution is 5.94. The van der Waals surface area contributed by atoms with Gasteiger partial charge >= 0.3 is 0 Å². The summed E-state index contributed by atoms with van der Waals surface area (Å²) in [6.45, 7) is 5.93. The van der Waals surface area contributed by atoms with Gasteiger partial charge in [0, 0.05) is 24.5 Å². The van der Waals surface area contributed by atoms with E-state index in [2.05, 4.69) is 22.3 Å². The first-order valence-electron chi connectivity index (χ1n) is 9.54. The quantitative estimate of drug-likeness (QED) is 0.821. The van der Waals surface area contributed by atoms with E-state index in [0.29, 0.717) is 11.5 Å². The van der Waals surface area contributed by atoms with E-state index in [1.165, 1.54) is 24.9 Å². The summed E-state index contributed by atoms with van der Waals surface area (Å²) >= 11 is 0. The molecule has 0 spiro atoms. The molecule has 1 heterocycles. The Kier molecular flexibility index (Phi) is 6.22. The molecule has 1 aliphatic rings. The third kappa shape index (κ3) is 4.94. The zero-order chi connectivity index (χ0) is 19.2. The minimum absolute atomic E-state index is 0.191. The Bertz CT molecular complexity index is 768. The predicted octanol–water partition coefficient (Wildman–Crippen LogP) is 4.40. The molecule has 1 atom stereocenters. The van der Waals surface area contributed by atoms with Crippen LogP contribution < -0.4 is 19.7 Å². The molecule has 0 unspecified atom stereocenters. The van der Waals surface area contributed by atoms with E-state index in [1.54, 1.807) is 14.0 Å². The Hall–Kier alpha value is -2.69. The lowest BCUT2D eigenvalue weighted by molar-refractivity contribution is -0.122. The molecule has 0 aromatic heterocycles. The second-order valence-electron chi connectivity index (χ2n) is 7.00. The van der Waals surface area contributed by atoms with Crippen molar-refractivity contribution < 1.29 is 14.3 Å². The summed E-state index contributed by atoms with van der Waals surface area (Å²) in [6, 6.07) is 13.7. The van der Waals surface area contributed by atoms with Crippen molar-refractivity contribution >= 4 is 17.3 Å². The number of benzene rings is 2. The molecule has 144 valence electrons. The van der Waals surface area contributed by atoms with Crippen molar-refractivity contribution in [2.24, 2.45) is 0 Å². The van der Waals surface area contributed by atoms with Gasteiger partial charge in [0.1, 0.15) is 0 Å². The molecule has 0 radical (unpaired) electrons. The summed E-state index contributed by atoms with van der Waals surface area (Å²) in [4.78, 5) is 14.9. The normalized spacial score (nSPS) is 15.1. The van der Waals surface area contributed by atoms with Crippen LogP contribution in [0.15, 0.2) is 42.5 Å². The number of hydrogen-bond acceptors (Lipinski definition) is 4. The molecule has 0 saturated carbocycles. The molecule has 1 saturated heterocycles. The average Bonchev–Trinajstić information content (AvgIpc) is 2.70. The van der Waals surface area contributed by atoms with Gasteiger partial charge in [-0.25, -0.2) is 0 Å². The number of hydrogen-bond donors (Lipinski definition) is 1. The van der Waals surface area contributed by atoms with Gasteiger partial charge in [-0.05, 0) is 75.1 Å². The molecule has 1 aliphatic heterocycles. The zero-order valence-electron chi connectivity index (χ0n) is 16.3. The van der Waals surface area contributed by atoms with Crippen molar-refractivity contribution in [1.82, 2.24) is 0 Å². The minimum atomic E-state index is -0.636. The van der Waals surface area contributed by atoms with Crippen LogP contribution in [0.25, 0.3) is 0 Å². The topological polar surface area (TPSA) is 50.8 Å². The molecule has 0 aliphatic carbocycles. The average molecular weight is 368 g/mol. The summed E-state index contributed by atoms with van der Waals surface area (Å²) in [5, 5.41) is 2.92. The van der Waals surface area contributed by atoms with Crippen molar-refractivity contribution in [3.05, 3.63) is 48.0 Å². The fourth-order valence-corrected chi connectivity index (χ4v) is 3.27. The van der Waals surface area contributed by atoms with Gasteiger partial charge in [0.15, 0.2) is 17.6 Å². The van der Waals surface area contributed by atoms with Crippen molar-refractivity contribution in [2.45, 2.75) is 39.2 Å². The van der Waals surface area contributed by atoms with Crippen LogP contribution in [0, 0.1) is 6.92 Å². The number of anilines is 2. The third-order valence-electron chi connectivity index (χ3n) is 4.85. The molecule has 2 aromatic carbocycles. The summed E-state index contributed by atoms with van der Waals surface area (Å²) in [7, 11) is 1.59. The maximum atomic E-state index is 12.5. The van der Waals surface area contributed by atoms with E-state index in [0.717, 1.165) is 24.3 Å². The summed E-state index contributed by atoms with van der Waals surface area (Å²) in [6.07, 6.45) is 3.17. The van der Waals surface area contributed by atoms with Gasteiger partial charge in [0.2, 0.25) is 0 Å². The molecular formula is C22H28N2O3. The minimum Gasteiger partial charge on any atom is -0.493 e. The SMILES string of the molecule is COc1cc(C)ccc1O[C@@H](C)C(=O)Nc1ccc(N2CCCCC2)cc1. The number of methoxy groups -OCH3 is 1. The predicted molar refractivity (Wildman–Crippen MR) is 109 cm³/mol. The number of piperidine rings is 1. The maximum Gasteiger partial charge on any atom is 0.265 e. The lowest BCUT2D eigenvalue weighted by Crippen LogP contribution is -2.30. The summed E-state index contributed by atoms with van der Waals surface area (Å²) in [5.74, 6) is 0.995. The van der Waals surface area contributed by atoms with Crippen molar-refractivity contribution in [3.8, 4) is 11.5 Å². The maximum absolute atomic E-state index is 12.5. The van der Waals surface area contributed by atoms with Gasteiger partial charge in [-0.2, -0.15) is 0 Å². The van der Waals surface area contributed by atoms with Gasteiger partial charge in [-0.3, -0.25) is 4.79 Å². The van der Waals surface area contributed by atoms with Gasteiger partial charge in [-0.1, -0.05) is 6.07 Å². The van der Waals surface area contributed by atoms with E-state index < -0.39 is 6.10 Å². The van der Waals surface area contributed by atoms with Crippen LogP contribution in [-0.2, 0) is 4.79 Å². The Balaban J connectivity index is 1.59. The number of rotatable bonds is 6. The number of carbonyl (C=O) groups is 1. The fraction of sp³-hybridized carbons (Fsp3) is 0.409. The number of carbonyl (C=O) groups excluding carboxylic acids is 1. The van der Waals surface area contributed by atoms with Gasteiger partial charge < -0.3 is 19.7 Å². The van der Waals surface area contributed by atoms with Crippen molar-refractivity contribution in [1.29, 1.82) is 0 Å². The standard InChI is InChI=1S/C22H28N2O3/c1-16-7-12-20(21(15-16)26-3)27-17(2)22(25)23-18-8-10-19(11-9-18)24-13-5-4-6-14-24/h7-12,15,17H,4-6,13-14H2,1-3H3,(H,23,25)/t17-/m0/s1. The number of nitrogens with one attached hydrogen (secondary N) is 1. The summed E-state index contributed by atoms with van der Waals surface area (Å²) < 4.78 is 11.1. The molecule has 1 fully saturated rings. The lowest BCUT2D eigenvalue weighted by Gasteiger charge is -2.28. The van der Waals surface area contributed by atoms with Gasteiger partial charge in [-0.15, -0.1) is 0 Å². The monoisotopic (exact) mass is 368 g/mol. The van der Waals surface area contributed by atoms with E-state index in [9.17, 15) is 4.79 Å². The fourth-order valence-electron chi connectivity index (χ4n) is 3.27. The molecule has 0 bridgehead atoms. The highest BCUT2D eigenvalue weighted by atomic mass is 16.5. The van der Waals surface area contributed by atoms with Crippen LogP contribution in [-0.4, -0.2) is 32.2 Å². The van der Waals surface area contributed by atoms with Gasteiger partial charge in [0.25, 0.3) is 5.91 Å². The molecule has 3 rings (SSSR count). The van der Waals surface area contributed by atoms with Crippen LogP contribution in [0.4, 0.5) is 11.4 Å². The van der Waals surface area contributed by atoms with E-state index in [-0.39, 0.29) is 5.91 Å². The Labute approximate surface area is 161 Å². The van der Waals surface area contributed by atoms with E-state index in [4.69, 9.17) is 9.47 Å². The molecule has 1 amide bonds. The van der Waals surface area contributed by atoms with E-state index in [1.807, 2.05) is 37.3 Å². The molecule has 5 nitrogen and oxygen atoms in total. The highest BCUT2D eigenvalue weighted by Gasteiger charge is 2.17. The Morgan fingerprint density at radius 2 is 1.74 bits per heavy atom. The zero-order valence-corrected chi connectivity index (χ0v) is 16.3. The highest BCUT2D eigenvalue weighted by Crippen LogP contribution is 2.29. The number of amides is 1. The van der Waals surface area contributed by atoms with Crippen molar-refractivity contribution in [3.63, 3.8) is 0 Å². The van der Waals surface area contributed by atoms with Crippen LogP contribution in [0.1, 0.15) is 31.7 Å². The Morgan fingerprint density at radius 3 is 2.41 bits per heavy atom. The second kappa shape index (κ2) is 8.80. The third-order valence-corrected chi connectivity index (χ3v) is 4.85. The number of ether oxygens (including phenoxy) is 2. The largest absolute Gasteiger partial charge is 0.493 e. The smallest absolute Gasteiger partial charge is 0.265 e. The molecule has 5 heteroatoms. The molecular weight excluding hydrogens is 340 g/mol. The van der Waals surface area contributed by atoms with E-state index >= 15 is 0 Å². The van der Waals surface area contributed by atoms with Crippen LogP contribution >= 0.6 is 0 Å². The molecule has 2 aromatic rings. The van der Waals surface area contributed by atoms with Crippen LogP contribution in [0.5, 0.6) is 11.5 Å². The molecule has 1 N–H and O–H groups in total. The summed E-state index contributed by atoms with van der Waals surface area (Å²) in [5.41, 5.74) is 3.05. The number of nitrogens with zero attached hydrogens (tertiary/aromatic N) is 1. The first-order valence-corrected chi connectivity index (χ1v) is 9.54.